The van der Waals surface area contributed by atoms with E-state index in [2.05, 4.69) is 14.9 Å². The molecule has 200 valence electrons. The molecule has 11 heteroatoms. The predicted molar refractivity (Wildman–Crippen MR) is 149 cm³/mol. The number of hydrogen-bond donors (Lipinski definition) is 1. The van der Waals surface area contributed by atoms with Crippen molar-refractivity contribution in [2.45, 2.75) is 32.2 Å². The van der Waals surface area contributed by atoms with Gasteiger partial charge in [-0.1, -0.05) is 29.4 Å². The third kappa shape index (κ3) is 5.23. The molecular weight excluding hydrogens is 536 g/mol. The number of carbonyl (C=O) groups is 1. The summed E-state index contributed by atoms with van der Waals surface area (Å²) < 4.78 is 40.3. The average molecular weight is 563 g/mol. The highest BCUT2D eigenvalue weighted by Gasteiger charge is 2.25. The Hall–Kier alpha value is -4.22. The van der Waals surface area contributed by atoms with Crippen molar-refractivity contribution in [1.82, 2.24) is 15.0 Å². The van der Waals surface area contributed by atoms with Crippen molar-refractivity contribution in [3.05, 3.63) is 93.6 Å². The molecule has 0 aliphatic rings. The lowest BCUT2D eigenvalue weighted by molar-refractivity contribution is 0.0789. The van der Waals surface area contributed by atoms with Gasteiger partial charge in [-0.25, -0.2) is 18.1 Å². The van der Waals surface area contributed by atoms with Gasteiger partial charge in [0.25, 0.3) is 15.9 Å². The van der Waals surface area contributed by atoms with E-state index in [0.29, 0.717) is 38.7 Å². The molecule has 0 radical (unpaired) electrons. The summed E-state index contributed by atoms with van der Waals surface area (Å²) in [6.45, 7) is 5.60. The summed E-state index contributed by atoms with van der Waals surface area (Å²) in [6, 6.07) is 14.1. The van der Waals surface area contributed by atoms with Crippen molar-refractivity contribution in [3.8, 4) is 22.6 Å². The summed E-state index contributed by atoms with van der Waals surface area (Å²) in [5.41, 5.74) is 4.67. The molecule has 0 aliphatic heterocycles. The lowest BCUT2D eigenvalue weighted by Gasteiger charge is -2.21. The molecule has 0 saturated carbocycles. The number of amides is 1. The minimum Gasteiger partial charge on any atom is -0.445 e. The van der Waals surface area contributed by atoms with E-state index >= 15 is 0 Å². The Balaban J connectivity index is 1.59. The highest BCUT2D eigenvalue weighted by molar-refractivity contribution is 7.92. The Bertz CT molecular complexity index is 1750. The van der Waals surface area contributed by atoms with Gasteiger partial charge in [0.15, 0.2) is 0 Å². The molecule has 39 heavy (non-hydrogen) atoms. The largest absolute Gasteiger partial charge is 0.445 e. The Morgan fingerprint density at radius 3 is 2.54 bits per heavy atom. The van der Waals surface area contributed by atoms with Gasteiger partial charge in [-0.05, 0) is 67.1 Å². The summed E-state index contributed by atoms with van der Waals surface area (Å²) in [5, 5.41) is 5.73. The molecule has 1 N–H and O–H groups in total. The van der Waals surface area contributed by atoms with Crippen LogP contribution in [0.2, 0.25) is 0 Å². The van der Waals surface area contributed by atoms with E-state index in [9.17, 15) is 13.2 Å². The van der Waals surface area contributed by atoms with Gasteiger partial charge in [0.1, 0.15) is 6.26 Å². The fourth-order valence-electron chi connectivity index (χ4n) is 4.19. The van der Waals surface area contributed by atoms with Gasteiger partial charge in [-0.2, -0.15) is 0 Å². The molecule has 5 rings (SSSR count). The molecule has 0 atom stereocenters. The molecule has 1 amide bonds. The molecule has 5 aromatic rings. The minimum atomic E-state index is -4.05. The number of sulfonamides is 1. The van der Waals surface area contributed by atoms with Gasteiger partial charge in [-0.3, -0.25) is 4.79 Å². The van der Waals surface area contributed by atoms with Crippen LogP contribution in [0, 0.1) is 20.8 Å². The van der Waals surface area contributed by atoms with E-state index in [0.717, 1.165) is 11.1 Å². The van der Waals surface area contributed by atoms with Crippen LogP contribution in [0.25, 0.3) is 22.6 Å². The van der Waals surface area contributed by atoms with Gasteiger partial charge in [0.2, 0.25) is 11.8 Å². The first-order valence-corrected chi connectivity index (χ1v) is 14.4. The van der Waals surface area contributed by atoms with Crippen LogP contribution in [0.4, 0.5) is 5.88 Å². The number of aromatic nitrogens is 2. The molecule has 9 nitrogen and oxygen atoms in total. The Kier molecular flexibility index (Phi) is 7.11. The minimum absolute atomic E-state index is 0.0617. The van der Waals surface area contributed by atoms with Crippen molar-refractivity contribution < 1.29 is 22.2 Å². The van der Waals surface area contributed by atoms with Crippen LogP contribution in [0.1, 0.15) is 32.1 Å². The normalized spacial score (nSPS) is 11.5. The van der Waals surface area contributed by atoms with E-state index in [1.165, 1.54) is 23.7 Å². The Morgan fingerprint density at radius 1 is 1.08 bits per heavy atom. The number of benzene rings is 2. The van der Waals surface area contributed by atoms with E-state index in [1.54, 1.807) is 50.2 Å². The third-order valence-corrected chi connectivity index (χ3v) is 8.84. The quantitative estimate of drug-likeness (QED) is 0.244. The zero-order valence-electron chi connectivity index (χ0n) is 21.8. The highest BCUT2D eigenvalue weighted by Crippen LogP contribution is 2.35. The summed E-state index contributed by atoms with van der Waals surface area (Å²) in [4.78, 5) is 19.8. The summed E-state index contributed by atoms with van der Waals surface area (Å²) in [7, 11) is -2.33. The van der Waals surface area contributed by atoms with Crippen molar-refractivity contribution in [1.29, 1.82) is 0 Å². The number of rotatable bonds is 8. The lowest BCUT2D eigenvalue weighted by atomic mass is 9.96. The third-order valence-electron chi connectivity index (χ3n) is 6.45. The van der Waals surface area contributed by atoms with Crippen molar-refractivity contribution in [2.24, 2.45) is 0 Å². The molecule has 0 spiro atoms. The number of thiophene rings is 1. The molecule has 0 aliphatic carbocycles. The fourth-order valence-corrected chi connectivity index (χ4v) is 6.38. The van der Waals surface area contributed by atoms with Crippen LogP contribution >= 0.6 is 11.3 Å². The zero-order chi connectivity index (χ0) is 27.7. The summed E-state index contributed by atoms with van der Waals surface area (Å²) in [6.07, 6.45) is 3.04. The number of oxazole rings is 1. The number of nitrogens with zero attached hydrogens (tertiary/aromatic N) is 3. The number of nitrogens with one attached hydrogen (secondary N) is 1. The van der Waals surface area contributed by atoms with E-state index in [-0.39, 0.29) is 23.2 Å². The van der Waals surface area contributed by atoms with Crippen molar-refractivity contribution in [3.63, 3.8) is 0 Å². The van der Waals surface area contributed by atoms with Crippen molar-refractivity contribution >= 4 is 33.2 Å². The van der Waals surface area contributed by atoms with Crippen LogP contribution in [-0.4, -0.2) is 36.4 Å². The first-order valence-electron chi connectivity index (χ1n) is 12.0. The fraction of sp³-hybridized carbons (Fsp3) is 0.179. The van der Waals surface area contributed by atoms with Gasteiger partial charge in [0, 0.05) is 30.3 Å². The maximum absolute atomic E-state index is 13.6. The molecule has 0 fully saturated rings. The molecule has 3 heterocycles. The van der Waals surface area contributed by atoms with Crippen LogP contribution in [0.15, 0.2) is 80.2 Å². The molecule has 3 aromatic heterocycles. The van der Waals surface area contributed by atoms with E-state index < -0.39 is 10.0 Å². The Labute approximate surface area is 230 Å². The maximum atomic E-state index is 13.6. The number of aryl methyl sites for hydroxylation is 2. The number of anilines is 1. The van der Waals surface area contributed by atoms with Crippen LogP contribution in [0.3, 0.4) is 0 Å². The van der Waals surface area contributed by atoms with Crippen LogP contribution < -0.4 is 4.72 Å². The maximum Gasteiger partial charge on any atom is 0.264 e. The van der Waals surface area contributed by atoms with E-state index in [4.69, 9.17) is 8.94 Å². The monoisotopic (exact) mass is 562 g/mol. The molecular formula is C28H26N4O5S2. The second kappa shape index (κ2) is 10.5. The Morgan fingerprint density at radius 2 is 1.87 bits per heavy atom. The lowest BCUT2D eigenvalue weighted by Crippen LogP contribution is -2.26. The molecule has 0 bridgehead atoms. The second-order valence-corrected chi connectivity index (χ2v) is 11.7. The first-order chi connectivity index (χ1) is 18.7. The summed E-state index contributed by atoms with van der Waals surface area (Å²) >= 11 is 1.39. The van der Waals surface area contributed by atoms with Gasteiger partial charge >= 0.3 is 0 Å². The molecule has 2 aromatic carbocycles. The smallest absolute Gasteiger partial charge is 0.264 e. The average Bonchev–Trinajstić information content (AvgIpc) is 3.68. The summed E-state index contributed by atoms with van der Waals surface area (Å²) in [5.74, 6) is 0.372. The molecule has 0 unspecified atom stereocenters. The highest BCUT2D eigenvalue weighted by atomic mass is 32.2. The number of hydrogen-bond acceptors (Lipinski definition) is 8. The zero-order valence-corrected chi connectivity index (χ0v) is 23.4. The second-order valence-electron chi connectivity index (χ2n) is 9.13. The topological polar surface area (TPSA) is 119 Å². The van der Waals surface area contributed by atoms with Gasteiger partial charge in [-0.15, -0.1) is 11.3 Å². The standard InChI is InChI=1S/C28H26N4O5S2/c1-17-11-14-38-25(17)28(33)32(4)16-21-15-20(27-29-12-13-36-27)9-10-22(21)23-7-5-6-8-24(23)39(34,35)31-26-18(2)19(3)30-37-26/h5-15,31H,16H2,1-4H3. The first kappa shape index (κ1) is 26.4. The molecule has 0 saturated heterocycles. The van der Waals surface area contributed by atoms with Crippen LogP contribution in [0.5, 0.6) is 0 Å². The van der Waals surface area contributed by atoms with E-state index in [1.807, 2.05) is 36.6 Å². The number of carbonyl (C=O) groups excluding carboxylic acids is 1. The van der Waals surface area contributed by atoms with Gasteiger partial charge in [0.05, 0.1) is 21.7 Å². The van der Waals surface area contributed by atoms with Gasteiger partial charge < -0.3 is 13.8 Å². The SMILES string of the molecule is Cc1ccsc1C(=O)N(C)Cc1cc(-c2ncco2)ccc1-c1ccccc1S(=O)(=O)Nc1onc(C)c1C. The predicted octanol–water partition coefficient (Wildman–Crippen LogP) is 6.06. The van der Waals surface area contributed by atoms with Crippen molar-refractivity contribution in [2.75, 3.05) is 11.8 Å². The van der Waals surface area contributed by atoms with Crippen LogP contribution in [-0.2, 0) is 16.6 Å².